The first kappa shape index (κ1) is 28.0. The molecule has 0 heterocycles. The minimum Gasteiger partial charge on any atom is -0.389 e. The summed E-state index contributed by atoms with van der Waals surface area (Å²) in [6, 6.07) is 14.0. The van der Waals surface area contributed by atoms with Gasteiger partial charge in [-0.2, -0.15) is 0 Å². The Morgan fingerprint density at radius 3 is 1.23 bits per heavy atom. The zero-order chi connectivity index (χ0) is 25.8. The summed E-state index contributed by atoms with van der Waals surface area (Å²) >= 11 is 0. The first-order valence-corrected chi connectivity index (χ1v) is 12.5. The highest BCUT2D eigenvalue weighted by molar-refractivity contribution is 5.98. The number of esters is 4. The molecule has 0 saturated heterocycles. The molecule has 2 aromatic carbocycles. The monoisotopic (exact) mass is 480 g/mol. The van der Waals surface area contributed by atoms with E-state index in [-0.39, 0.29) is 6.42 Å². The predicted molar refractivity (Wildman–Crippen MR) is 134 cm³/mol. The zero-order valence-corrected chi connectivity index (χ0v) is 21.2. The van der Waals surface area contributed by atoms with Crippen molar-refractivity contribution < 1.29 is 28.7 Å². The van der Waals surface area contributed by atoms with E-state index in [0.29, 0.717) is 24.0 Å². The molecule has 0 aliphatic rings. The Hall–Kier alpha value is -3.28. The lowest BCUT2D eigenvalue weighted by atomic mass is 9.91. The smallest absolute Gasteiger partial charge is 0.345 e. The van der Waals surface area contributed by atoms with Crippen LogP contribution in [0.4, 0.5) is 0 Å². The summed E-state index contributed by atoms with van der Waals surface area (Å²) in [5.74, 6) is -4.13. The minimum absolute atomic E-state index is 0.135. The van der Waals surface area contributed by atoms with Crippen LogP contribution in [0.25, 0.3) is 0 Å². The Bertz CT molecular complexity index is 909. The number of carbonyl (C=O) groups is 4. The van der Waals surface area contributed by atoms with E-state index >= 15 is 0 Å². The van der Waals surface area contributed by atoms with Gasteiger partial charge in [-0.15, -0.1) is 0 Å². The van der Waals surface area contributed by atoms with Gasteiger partial charge in [0, 0.05) is 0 Å². The van der Waals surface area contributed by atoms with Crippen LogP contribution in [-0.2, 0) is 31.9 Å². The second kappa shape index (κ2) is 14.2. The van der Waals surface area contributed by atoms with Crippen LogP contribution in [0.15, 0.2) is 48.5 Å². The summed E-state index contributed by atoms with van der Waals surface area (Å²) in [7, 11) is 0. The van der Waals surface area contributed by atoms with Crippen molar-refractivity contribution in [1.29, 1.82) is 0 Å². The van der Waals surface area contributed by atoms with Gasteiger partial charge in [0.2, 0.25) is 0 Å². The van der Waals surface area contributed by atoms with E-state index in [2.05, 4.69) is 13.8 Å². The quantitative estimate of drug-likeness (QED) is 0.269. The van der Waals surface area contributed by atoms with Crippen molar-refractivity contribution in [2.75, 3.05) is 0 Å². The number of ether oxygens (including phenoxy) is 2. The summed E-state index contributed by atoms with van der Waals surface area (Å²) < 4.78 is 10.2. The SMILES string of the molecule is CCCc1ccc(C(=O)OC(=O)C(CC)CC(CC)C(=O)OC(=O)c2ccc(CCC)cc2)cc1. The van der Waals surface area contributed by atoms with E-state index in [1.807, 2.05) is 24.3 Å². The molecule has 0 spiro atoms. The van der Waals surface area contributed by atoms with Crippen molar-refractivity contribution in [3.8, 4) is 0 Å². The second-order valence-electron chi connectivity index (χ2n) is 8.76. The van der Waals surface area contributed by atoms with E-state index in [1.54, 1.807) is 38.1 Å². The molecule has 188 valence electrons. The van der Waals surface area contributed by atoms with E-state index in [0.717, 1.165) is 36.8 Å². The molecule has 0 aromatic heterocycles. The van der Waals surface area contributed by atoms with Gasteiger partial charge in [0.1, 0.15) is 0 Å². The molecule has 6 heteroatoms. The van der Waals surface area contributed by atoms with Crippen molar-refractivity contribution in [3.05, 3.63) is 70.8 Å². The van der Waals surface area contributed by atoms with Crippen LogP contribution in [0, 0.1) is 11.8 Å². The topological polar surface area (TPSA) is 86.7 Å². The fourth-order valence-electron chi connectivity index (χ4n) is 3.86. The lowest BCUT2D eigenvalue weighted by Crippen LogP contribution is -2.28. The largest absolute Gasteiger partial charge is 0.389 e. The molecule has 2 rings (SSSR count). The highest BCUT2D eigenvalue weighted by atomic mass is 16.6. The molecule has 0 aliphatic carbocycles. The summed E-state index contributed by atoms with van der Waals surface area (Å²) in [6.07, 6.45) is 4.73. The van der Waals surface area contributed by atoms with E-state index < -0.39 is 35.7 Å². The average molecular weight is 481 g/mol. The third-order valence-corrected chi connectivity index (χ3v) is 6.06. The number of hydrogen-bond donors (Lipinski definition) is 0. The van der Waals surface area contributed by atoms with Gasteiger partial charge in [-0.25, -0.2) is 9.59 Å². The predicted octanol–water partition coefficient (Wildman–Crippen LogP) is 6.10. The molecule has 35 heavy (non-hydrogen) atoms. The van der Waals surface area contributed by atoms with Crippen LogP contribution in [0.5, 0.6) is 0 Å². The third kappa shape index (κ3) is 8.46. The maximum Gasteiger partial charge on any atom is 0.345 e. The van der Waals surface area contributed by atoms with Crippen LogP contribution in [0.1, 0.15) is 91.6 Å². The molecular weight excluding hydrogens is 444 g/mol. The minimum atomic E-state index is -0.714. The van der Waals surface area contributed by atoms with Gasteiger partial charge in [-0.3, -0.25) is 9.59 Å². The second-order valence-corrected chi connectivity index (χ2v) is 8.76. The van der Waals surface area contributed by atoms with Crippen molar-refractivity contribution in [1.82, 2.24) is 0 Å². The third-order valence-electron chi connectivity index (χ3n) is 6.06. The molecule has 2 aromatic rings. The normalized spacial score (nSPS) is 12.5. The lowest BCUT2D eigenvalue weighted by Gasteiger charge is -2.19. The molecule has 0 aliphatic heterocycles. The average Bonchev–Trinajstić information content (AvgIpc) is 2.85. The van der Waals surface area contributed by atoms with Gasteiger partial charge in [0.25, 0.3) is 0 Å². The molecule has 0 bridgehead atoms. The van der Waals surface area contributed by atoms with Crippen LogP contribution in [0.3, 0.4) is 0 Å². The molecule has 0 radical (unpaired) electrons. The highest BCUT2D eigenvalue weighted by Gasteiger charge is 2.30. The van der Waals surface area contributed by atoms with E-state index in [1.165, 1.54) is 0 Å². The van der Waals surface area contributed by atoms with Crippen molar-refractivity contribution in [2.45, 2.75) is 72.6 Å². The number of rotatable bonds is 12. The van der Waals surface area contributed by atoms with Crippen molar-refractivity contribution >= 4 is 23.9 Å². The zero-order valence-electron chi connectivity index (χ0n) is 21.2. The van der Waals surface area contributed by atoms with Crippen LogP contribution >= 0.6 is 0 Å². The van der Waals surface area contributed by atoms with E-state index in [9.17, 15) is 19.2 Å². The molecule has 0 fully saturated rings. The fraction of sp³-hybridized carbons (Fsp3) is 0.448. The summed E-state index contributed by atoms with van der Waals surface area (Å²) in [5.41, 5.74) is 2.82. The Morgan fingerprint density at radius 2 is 0.943 bits per heavy atom. The van der Waals surface area contributed by atoms with E-state index in [4.69, 9.17) is 9.47 Å². The summed E-state index contributed by atoms with van der Waals surface area (Å²) in [5, 5.41) is 0. The fourth-order valence-corrected chi connectivity index (χ4v) is 3.86. The molecule has 0 saturated carbocycles. The Kier molecular flexibility index (Phi) is 11.3. The number of benzene rings is 2. The first-order chi connectivity index (χ1) is 16.8. The van der Waals surface area contributed by atoms with Gasteiger partial charge < -0.3 is 9.47 Å². The molecule has 2 atom stereocenters. The Balaban J connectivity index is 1.96. The van der Waals surface area contributed by atoms with Gasteiger partial charge >= 0.3 is 23.9 Å². The van der Waals surface area contributed by atoms with Crippen LogP contribution < -0.4 is 0 Å². The Morgan fingerprint density at radius 1 is 0.600 bits per heavy atom. The molecule has 6 nitrogen and oxygen atoms in total. The van der Waals surface area contributed by atoms with Gasteiger partial charge in [0.15, 0.2) is 0 Å². The maximum atomic E-state index is 12.7. The van der Waals surface area contributed by atoms with Gasteiger partial charge in [0.05, 0.1) is 23.0 Å². The van der Waals surface area contributed by atoms with Gasteiger partial charge in [-0.1, -0.05) is 64.8 Å². The standard InChI is InChI=1S/C29H36O6/c1-5-9-20-11-15-24(16-12-20)28(32)34-26(30)22(7-3)19-23(8-4)27(31)35-29(33)25-17-13-21(10-6-2)14-18-25/h11-18,22-23H,5-10,19H2,1-4H3. The van der Waals surface area contributed by atoms with Gasteiger partial charge in [-0.05, 0) is 67.5 Å². The van der Waals surface area contributed by atoms with Crippen molar-refractivity contribution in [2.24, 2.45) is 11.8 Å². The number of carbonyl (C=O) groups excluding carboxylic acids is 4. The molecular formula is C29H36O6. The molecule has 2 unspecified atom stereocenters. The first-order valence-electron chi connectivity index (χ1n) is 12.5. The highest BCUT2D eigenvalue weighted by Crippen LogP contribution is 2.23. The van der Waals surface area contributed by atoms with Crippen LogP contribution in [-0.4, -0.2) is 23.9 Å². The lowest BCUT2D eigenvalue weighted by molar-refractivity contribution is -0.146. The number of hydrogen-bond acceptors (Lipinski definition) is 6. The number of aryl methyl sites for hydroxylation is 2. The molecule has 0 N–H and O–H groups in total. The van der Waals surface area contributed by atoms with Crippen LogP contribution in [0.2, 0.25) is 0 Å². The maximum absolute atomic E-state index is 12.7. The summed E-state index contributed by atoms with van der Waals surface area (Å²) in [4.78, 5) is 50.2. The van der Waals surface area contributed by atoms with Crippen molar-refractivity contribution in [3.63, 3.8) is 0 Å². The summed E-state index contributed by atoms with van der Waals surface area (Å²) in [6.45, 7) is 7.73. The Labute approximate surface area is 208 Å². The molecule has 0 amide bonds.